The normalized spacial score (nSPS) is 10.6. The van der Waals surface area contributed by atoms with Crippen molar-refractivity contribution in [1.82, 2.24) is 4.57 Å². The van der Waals surface area contributed by atoms with Crippen LogP contribution in [0.3, 0.4) is 0 Å². The lowest BCUT2D eigenvalue weighted by molar-refractivity contribution is -0.137. The Kier molecular flexibility index (Phi) is 2.53. The summed E-state index contributed by atoms with van der Waals surface area (Å²) in [5.41, 5.74) is 1.07. The molecule has 0 bridgehead atoms. The third-order valence-electron chi connectivity index (χ3n) is 1.76. The minimum Gasteiger partial charge on any atom is -0.480 e. The number of carbonyl (C=O) groups is 1. The number of hydrogen-bond donors (Lipinski definition) is 1. The summed E-state index contributed by atoms with van der Waals surface area (Å²) >= 11 is 0. The predicted octanol–water partition coefficient (Wildman–Crippen LogP) is 1.70. The lowest BCUT2D eigenvalue weighted by Crippen LogP contribution is -2.11. The van der Waals surface area contributed by atoms with Gasteiger partial charge in [0.1, 0.15) is 6.54 Å². The van der Waals surface area contributed by atoms with Gasteiger partial charge in [0.25, 0.3) is 0 Å². The van der Waals surface area contributed by atoms with Gasteiger partial charge in [0.2, 0.25) is 0 Å². The van der Waals surface area contributed by atoms with Crippen LogP contribution in [0, 0.1) is 0 Å². The average molecular weight is 167 g/mol. The van der Waals surface area contributed by atoms with Crippen LogP contribution in [-0.2, 0) is 11.3 Å². The van der Waals surface area contributed by atoms with Gasteiger partial charge in [-0.05, 0) is 18.1 Å². The summed E-state index contributed by atoms with van der Waals surface area (Å²) in [7, 11) is 0. The van der Waals surface area contributed by atoms with Crippen molar-refractivity contribution in [3.63, 3.8) is 0 Å². The molecular weight excluding hydrogens is 154 g/mol. The van der Waals surface area contributed by atoms with Crippen molar-refractivity contribution in [1.29, 1.82) is 0 Å². The van der Waals surface area contributed by atoms with Crippen LogP contribution >= 0.6 is 0 Å². The first kappa shape index (κ1) is 8.84. The van der Waals surface area contributed by atoms with E-state index < -0.39 is 5.97 Å². The molecule has 0 aliphatic heterocycles. The maximum Gasteiger partial charge on any atom is 0.323 e. The molecule has 0 fully saturated rings. The van der Waals surface area contributed by atoms with Crippen molar-refractivity contribution in [3.8, 4) is 0 Å². The van der Waals surface area contributed by atoms with Crippen LogP contribution in [0.4, 0.5) is 0 Å². The largest absolute Gasteiger partial charge is 0.480 e. The Morgan fingerprint density at radius 3 is 2.83 bits per heavy atom. The fourth-order valence-corrected chi connectivity index (χ4v) is 1.24. The number of carboxylic acid groups (broad SMARTS) is 1. The van der Waals surface area contributed by atoms with E-state index in [1.165, 1.54) is 0 Å². The zero-order chi connectivity index (χ0) is 9.14. The van der Waals surface area contributed by atoms with Crippen LogP contribution in [0.1, 0.15) is 25.5 Å². The van der Waals surface area contributed by atoms with Crippen molar-refractivity contribution in [2.45, 2.75) is 26.3 Å². The average Bonchev–Trinajstić information content (AvgIpc) is 2.33. The van der Waals surface area contributed by atoms with E-state index in [0.717, 1.165) is 5.69 Å². The van der Waals surface area contributed by atoms with Crippen molar-refractivity contribution in [2.75, 3.05) is 0 Å². The van der Waals surface area contributed by atoms with Crippen molar-refractivity contribution >= 4 is 5.97 Å². The Hall–Kier alpha value is -1.25. The summed E-state index contributed by atoms with van der Waals surface area (Å²) in [5, 5.41) is 8.57. The highest BCUT2D eigenvalue weighted by atomic mass is 16.4. The molecule has 1 N–H and O–H groups in total. The number of aliphatic carboxylic acids is 1. The van der Waals surface area contributed by atoms with Crippen LogP contribution < -0.4 is 0 Å². The first-order chi connectivity index (χ1) is 5.61. The third kappa shape index (κ3) is 1.87. The van der Waals surface area contributed by atoms with E-state index in [4.69, 9.17) is 5.11 Å². The second kappa shape index (κ2) is 3.43. The fraction of sp³-hybridized carbons (Fsp3) is 0.444. The molecule has 0 atom stereocenters. The van der Waals surface area contributed by atoms with E-state index in [1.54, 1.807) is 10.8 Å². The van der Waals surface area contributed by atoms with E-state index in [2.05, 4.69) is 0 Å². The van der Waals surface area contributed by atoms with Gasteiger partial charge in [0.05, 0.1) is 0 Å². The molecule has 66 valence electrons. The first-order valence-electron chi connectivity index (χ1n) is 3.98. The first-order valence-corrected chi connectivity index (χ1v) is 3.98. The standard InChI is InChI=1S/C9H13NO2/c1-7(2)8-4-3-5-10(8)6-9(11)12/h3-5,7H,6H2,1-2H3,(H,11,12). The molecule has 0 aliphatic rings. The van der Waals surface area contributed by atoms with E-state index >= 15 is 0 Å². The summed E-state index contributed by atoms with van der Waals surface area (Å²) in [4.78, 5) is 10.4. The summed E-state index contributed by atoms with van der Waals surface area (Å²) in [5.74, 6) is -0.424. The van der Waals surface area contributed by atoms with Gasteiger partial charge >= 0.3 is 5.97 Å². The second-order valence-corrected chi connectivity index (χ2v) is 3.11. The topological polar surface area (TPSA) is 42.2 Å². The number of carboxylic acids is 1. The molecule has 0 saturated carbocycles. The molecule has 1 heterocycles. The third-order valence-corrected chi connectivity index (χ3v) is 1.76. The van der Waals surface area contributed by atoms with E-state index in [9.17, 15) is 4.79 Å². The predicted molar refractivity (Wildman–Crippen MR) is 46.2 cm³/mol. The highest BCUT2D eigenvalue weighted by Crippen LogP contribution is 2.14. The van der Waals surface area contributed by atoms with Gasteiger partial charge in [-0.15, -0.1) is 0 Å². The fourth-order valence-electron chi connectivity index (χ4n) is 1.24. The number of aromatic nitrogens is 1. The Morgan fingerprint density at radius 1 is 1.67 bits per heavy atom. The van der Waals surface area contributed by atoms with Crippen molar-refractivity contribution in [3.05, 3.63) is 24.0 Å². The Morgan fingerprint density at radius 2 is 2.33 bits per heavy atom. The van der Waals surface area contributed by atoms with E-state index in [1.807, 2.05) is 26.0 Å². The van der Waals surface area contributed by atoms with Gasteiger partial charge in [-0.1, -0.05) is 13.8 Å². The summed E-state index contributed by atoms with van der Waals surface area (Å²) in [6.45, 7) is 4.15. The molecule has 0 radical (unpaired) electrons. The molecule has 3 heteroatoms. The zero-order valence-electron chi connectivity index (χ0n) is 7.32. The van der Waals surface area contributed by atoms with Gasteiger partial charge in [-0.2, -0.15) is 0 Å². The number of nitrogens with zero attached hydrogens (tertiary/aromatic N) is 1. The molecule has 1 rings (SSSR count). The SMILES string of the molecule is CC(C)c1cccn1CC(=O)O. The molecule has 0 spiro atoms. The van der Waals surface area contributed by atoms with Crippen molar-refractivity contribution < 1.29 is 9.90 Å². The maximum atomic E-state index is 10.4. The molecule has 3 nitrogen and oxygen atoms in total. The molecule has 1 aromatic rings. The molecule has 12 heavy (non-hydrogen) atoms. The summed E-state index contributed by atoms with van der Waals surface area (Å²) < 4.78 is 1.76. The Labute approximate surface area is 71.6 Å². The van der Waals surface area contributed by atoms with Crippen LogP contribution in [0.25, 0.3) is 0 Å². The van der Waals surface area contributed by atoms with Crippen LogP contribution in [0.5, 0.6) is 0 Å². The lowest BCUT2D eigenvalue weighted by atomic mass is 10.1. The van der Waals surface area contributed by atoms with Gasteiger partial charge in [-0.3, -0.25) is 4.79 Å². The molecule has 0 saturated heterocycles. The van der Waals surface area contributed by atoms with E-state index in [0.29, 0.717) is 5.92 Å². The highest BCUT2D eigenvalue weighted by molar-refractivity contribution is 5.66. The number of hydrogen-bond acceptors (Lipinski definition) is 1. The van der Waals surface area contributed by atoms with Crippen molar-refractivity contribution in [2.24, 2.45) is 0 Å². The van der Waals surface area contributed by atoms with E-state index in [-0.39, 0.29) is 6.54 Å². The quantitative estimate of drug-likeness (QED) is 0.744. The zero-order valence-corrected chi connectivity index (χ0v) is 7.32. The Bertz CT molecular complexity index is 276. The van der Waals surface area contributed by atoms with Gasteiger partial charge in [0, 0.05) is 11.9 Å². The summed E-state index contributed by atoms with van der Waals surface area (Å²) in [6.07, 6.45) is 1.80. The minimum atomic E-state index is -0.798. The molecular formula is C9H13NO2. The van der Waals surface area contributed by atoms with Crippen LogP contribution in [0.2, 0.25) is 0 Å². The molecule has 0 aliphatic carbocycles. The van der Waals surface area contributed by atoms with Crippen LogP contribution in [0.15, 0.2) is 18.3 Å². The molecule has 0 amide bonds. The van der Waals surface area contributed by atoms with Gasteiger partial charge in [-0.25, -0.2) is 0 Å². The molecule has 0 aromatic carbocycles. The second-order valence-electron chi connectivity index (χ2n) is 3.11. The van der Waals surface area contributed by atoms with Gasteiger partial charge < -0.3 is 9.67 Å². The summed E-state index contributed by atoms with van der Waals surface area (Å²) in [6, 6.07) is 3.83. The lowest BCUT2D eigenvalue weighted by Gasteiger charge is -2.08. The molecule has 1 aromatic heterocycles. The van der Waals surface area contributed by atoms with Crippen LogP contribution in [-0.4, -0.2) is 15.6 Å². The highest BCUT2D eigenvalue weighted by Gasteiger charge is 2.06. The smallest absolute Gasteiger partial charge is 0.323 e. The molecule has 0 unspecified atom stereocenters. The minimum absolute atomic E-state index is 0.0561. The Balaban J connectivity index is 2.84. The number of rotatable bonds is 3. The maximum absolute atomic E-state index is 10.4. The monoisotopic (exact) mass is 167 g/mol. The van der Waals surface area contributed by atoms with Gasteiger partial charge in [0.15, 0.2) is 0 Å².